The molecule has 0 saturated carbocycles. The van der Waals surface area contributed by atoms with Crippen LogP contribution >= 0.6 is 11.6 Å². The van der Waals surface area contributed by atoms with Crippen molar-refractivity contribution < 1.29 is 22.7 Å². The quantitative estimate of drug-likeness (QED) is 0.672. The fourth-order valence-electron chi connectivity index (χ4n) is 3.63. The molecule has 1 saturated heterocycles. The Balaban J connectivity index is 1.37. The summed E-state index contributed by atoms with van der Waals surface area (Å²) in [6, 6.07) is 12.1. The first kappa shape index (κ1) is 21.7. The molecule has 2 aromatic carbocycles. The number of piperazine rings is 1. The average Bonchev–Trinajstić information content (AvgIpc) is 2.78. The van der Waals surface area contributed by atoms with Gasteiger partial charge in [-0.15, -0.1) is 0 Å². The van der Waals surface area contributed by atoms with Gasteiger partial charge in [0.2, 0.25) is 15.9 Å². The first-order chi connectivity index (χ1) is 14.8. The summed E-state index contributed by atoms with van der Waals surface area (Å²) in [5, 5.41) is 0.668. The number of hydrogen-bond acceptors (Lipinski definition) is 6. The highest BCUT2D eigenvalue weighted by molar-refractivity contribution is 7.89. The number of ether oxygens (including phenoxy) is 2. The Morgan fingerprint density at radius 1 is 1.03 bits per heavy atom. The third-order valence-corrected chi connectivity index (χ3v) is 7.42. The van der Waals surface area contributed by atoms with E-state index >= 15 is 0 Å². The van der Waals surface area contributed by atoms with Crippen LogP contribution in [0.2, 0.25) is 5.02 Å². The monoisotopic (exact) mass is 465 g/mol. The fraction of sp³-hybridized carbons (Fsp3) is 0.381. The number of fused-ring (bicyclic) bond motifs is 1. The normalized spacial score (nSPS) is 16.5. The van der Waals surface area contributed by atoms with Crippen molar-refractivity contribution in [2.24, 2.45) is 0 Å². The Labute approximate surface area is 186 Å². The number of rotatable bonds is 5. The van der Waals surface area contributed by atoms with Crippen molar-refractivity contribution in [3.63, 3.8) is 0 Å². The molecule has 1 amide bonds. The van der Waals surface area contributed by atoms with Crippen molar-refractivity contribution >= 4 is 33.2 Å². The van der Waals surface area contributed by atoms with Crippen molar-refractivity contribution in [2.75, 3.05) is 57.9 Å². The van der Waals surface area contributed by atoms with E-state index in [1.807, 2.05) is 24.3 Å². The van der Waals surface area contributed by atoms with Crippen LogP contribution < -0.4 is 14.4 Å². The van der Waals surface area contributed by atoms with Gasteiger partial charge < -0.3 is 19.3 Å². The van der Waals surface area contributed by atoms with Crippen LogP contribution in [0.5, 0.6) is 11.5 Å². The summed E-state index contributed by atoms with van der Waals surface area (Å²) in [5.41, 5.74) is 1.01. The number of sulfonamides is 1. The molecule has 4 rings (SSSR count). The molecule has 0 atom stereocenters. The summed E-state index contributed by atoms with van der Waals surface area (Å²) in [7, 11) is -2.43. The lowest BCUT2D eigenvalue weighted by Crippen LogP contribution is -2.51. The van der Waals surface area contributed by atoms with Gasteiger partial charge in [0.15, 0.2) is 11.5 Å². The summed E-state index contributed by atoms with van der Waals surface area (Å²) >= 11 is 6.06. The highest BCUT2D eigenvalue weighted by Crippen LogP contribution is 2.33. The van der Waals surface area contributed by atoms with Gasteiger partial charge in [-0.2, -0.15) is 4.31 Å². The molecule has 2 aliphatic rings. The van der Waals surface area contributed by atoms with Crippen LogP contribution in [-0.2, 0) is 14.8 Å². The second-order valence-corrected chi connectivity index (χ2v) is 9.90. The number of carbonyl (C=O) groups excluding carboxylic acids is 1. The Hall–Kier alpha value is -2.49. The molecule has 166 valence electrons. The van der Waals surface area contributed by atoms with Gasteiger partial charge in [0.05, 0.1) is 11.4 Å². The number of anilines is 1. The Kier molecular flexibility index (Phi) is 6.27. The first-order valence-corrected chi connectivity index (χ1v) is 11.8. The highest BCUT2D eigenvalue weighted by atomic mass is 35.5. The Morgan fingerprint density at radius 2 is 1.74 bits per heavy atom. The summed E-state index contributed by atoms with van der Waals surface area (Å²) in [6.07, 6.45) is 0. The number of amides is 1. The molecular weight excluding hydrogens is 442 g/mol. The number of halogens is 1. The molecule has 2 aromatic rings. The topological polar surface area (TPSA) is 79.4 Å². The lowest BCUT2D eigenvalue weighted by molar-refractivity contribution is -0.131. The first-order valence-electron chi connectivity index (χ1n) is 9.99. The van der Waals surface area contributed by atoms with Crippen molar-refractivity contribution in [1.82, 2.24) is 9.21 Å². The molecular formula is C21H24ClN3O5S. The molecule has 0 aliphatic carbocycles. The molecule has 0 aromatic heterocycles. The zero-order chi connectivity index (χ0) is 22.0. The molecule has 0 bridgehead atoms. The standard InChI is InChI=1S/C21H24ClN3O5S/c1-23(31(27,28)18-5-6-19-20(14-18)30-12-11-29-19)15-21(26)25-9-7-24(8-10-25)17-4-2-3-16(22)13-17/h2-6,13-14H,7-12,15H2,1H3. The van der Waals surface area contributed by atoms with Crippen molar-refractivity contribution in [2.45, 2.75) is 4.90 Å². The minimum atomic E-state index is -3.84. The van der Waals surface area contributed by atoms with Gasteiger partial charge in [0.25, 0.3) is 0 Å². The lowest BCUT2D eigenvalue weighted by atomic mass is 10.2. The predicted molar refractivity (Wildman–Crippen MR) is 117 cm³/mol. The smallest absolute Gasteiger partial charge is 0.243 e. The highest BCUT2D eigenvalue weighted by Gasteiger charge is 2.28. The zero-order valence-electron chi connectivity index (χ0n) is 17.2. The van der Waals surface area contributed by atoms with E-state index in [0.29, 0.717) is 55.9 Å². The third-order valence-electron chi connectivity index (χ3n) is 5.39. The van der Waals surface area contributed by atoms with Gasteiger partial charge in [-0.1, -0.05) is 17.7 Å². The number of likely N-dealkylation sites (N-methyl/N-ethyl adjacent to an activating group) is 1. The molecule has 0 radical (unpaired) electrons. The molecule has 8 nitrogen and oxygen atoms in total. The Bertz CT molecular complexity index is 1070. The van der Waals surface area contributed by atoms with E-state index < -0.39 is 10.0 Å². The molecule has 0 N–H and O–H groups in total. The second kappa shape index (κ2) is 8.94. The van der Waals surface area contributed by atoms with Crippen LogP contribution in [0.4, 0.5) is 5.69 Å². The summed E-state index contributed by atoms with van der Waals surface area (Å²) < 4.78 is 37.9. The molecule has 2 aliphatic heterocycles. The van der Waals surface area contributed by atoms with E-state index in [9.17, 15) is 13.2 Å². The van der Waals surface area contributed by atoms with Gasteiger partial charge in [-0.3, -0.25) is 4.79 Å². The van der Waals surface area contributed by atoms with Gasteiger partial charge in [0.1, 0.15) is 13.2 Å². The third kappa shape index (κ3) is 4.73. The number of carbonyl (C=O) groups is 1. The molecule has 10 heteroatoms. The largest absolute Gasteiger partial charge is 0.486 e. The van der Waals surface area contributed by atoms with Crippen molar-refractivity contribution in [3.8, 4) is 11.5 Å². The van der Waals surface area contributed by atoms with Crippen LogP contribution in [0.25, 0.3) is 0 Å². The maximum atomic E-state index is 12.9. The Morgan fingerprint density at radius 3 is 2.45 bits per heavy atom. The van der Waals surface area contributed by atoms with Crippen LogP contribution in [0.3, 0.4) is 0 Å². The SMILES string of the molecule is CN(CC(=O)N1CCN(c2cccc(Cl)c2)CC1)S(=O)(=O)c1ccc2c(c1)OCCO2. The van der Waals surface area contributed by atoms with Gasteiger partial charge in [-0.25, -0.2) is 8.42 Å². The summed E-state index contributed by atoms with van der Waals surface area (Å²) in [4.78, 5) is 16.7. The lowest BCUT2D eigenvalue weighted by Gasteiger charge is -2.36. The molecule has 31 heavy (non-hydrogen) atoms. The fourth-order valence-corrected chi connectivity index (χ4v) is 4.95. The molecule has 0 spiro atoms. The minimum absolute atomic E-state index is 0.0674. The molecule has 1 fully saturated rings. The van der Waals surface area contributed by atoms with E-state index in [2.05, 4.69) is 4.90 Å². The maximum absolute atomic E-state index is 12.9. The van der Waals surface area contributed by atoms with E-state index in [4.69, 9.17) is 21.1 Å². The number of benzene rings is 2. The zero-order valence-corrected chi connectivity index (χ0v) is 18.7. The summed E-state index contributed by atoms with van der Waals surface area (Å²) in [5.74, 6) is 0.681. The van der Waals surface area contributed by atoms with Crippen LogP contribution in [0, 0.1) is 0 Å². The average molecular weight is 466 g/mol. The maximum Gasteiger partial charge on any atom is 0.243 e. The molecule has 2 heterocycles. The summed E-state index contributed by atoms with van der Waals surface area (Å²) in [6.45, 7) is 2.92. The van der Waals surface area contributed by atoms with Gasteiger partial charge in [0, 0.05) is 50.0 Å². The second-order valence-electron chi connectivity index (χ2n) is 7.41. The number of nitrogens with zero attached hydrogens (tertiary/aromatic N) is 3. The number of hydrogen-bond donors (Lipinski definition) is 0. The van der Waals surface area contributed by atoms with Crippen molar-refractivity contribution in [3.05, 3.63) is 47.5 Å². The molecule has 0 unspecified atom stereocenters. The van der Waals surface area contributed by atoms with E-state index in [1.165, 1.54) is 19.2 Å². The van der Waals surface area contributed by atoms with Gasteiger partial charge >= 0.3 is 0 Å². The van der Waals surface area contributed by atoms with Gasteiger partial charge in [-0.05, 0) is 30.3 Å². The van der Waals surface area contributed by atoms with Crippen LogP contribution in [0.1, 0.15) is 0 Å². The van der Waals surface area contributed by atoms with E-state index in [1.54, 1.807) is 11.0 Å². The predicted octanol–water partition coefficient (Wildman–Crippen LogP) is 2.08. The van der Waals surface area contributed by atoms with E-state index in [-0.39, 0.29) is 17.3 Å². The van der Waals surface area contributed by atoms with Crippen LogP contribution in [-0.4, -0.2) is 76.5 Å². The minimum Gasteiger partial charge on any atom is -0.486 e. The van der Waals surface area contributed by atoms with Crippen molar-refractivity contribution in [1.29, 1.82) is 0 Å². The van der Waals surface area contributed by atoms with Crippen LogP contribution in [0.15, 0.2) is 47.4 Å². The van der Waals surface area contributed by atoms with E-state index in [0.717, 1.165) is 9.99 Å².